The van der Waals surface area contributed by atoms with Crippen LogP contribution >= 0.6 is 0 Å². The van der Waals surface area contributed by atoms with Crippen LogP contribution < -0.4 is 0 Å². The zero-order valence-electron chi connectivity index (χ0n) is 28.7. The van der Waals surface area contributed by atoms with Gasteiger partial charge in [0.2, 0.25) is 11.6 Å². The topological polar surface area (TPSA) is 94.1 Å². The van der Waals surface area contributed by atoms with Gasteiger partial charge < -0.3 is 24.1 Å². The van der Waals surface area contributed by atoms with E-state index in [9.17, 15) is 5.11 Å². The molecule has 10 rings (SSSR count). The van der Waals surface area contributed by atoms with Gasteiger partial charge in [-0.3, -0.25) is 0 Å². The summed E-state index contributed by atoms with van der Waals surface area (Å²) in [5.41, 5.74) is 0.225. The second kappa shape index (κ2) is 11.1. The summed E-state index contributed by atoms with van der Waals surface area (Å²) in [5.74, 6) is 0.899. The quantitative estimate of drug-likeness (QED) is 0.249. The summed E-state index contributed by atoms with van der Waals surface area (Å²) in [6, 6.07) is 0. The van der Waals surface area contributed by atoms with Gasteiger partial charge >= 0.3 is 0 Å². The van der Waals surface area contributed by atoms with Crippen LogP contribution in [0, 0.1) is 47.3 Å². The van der Waals surface area contributed by atoms with E-state index in [-0.39, 0.29) is 35.9 Å². The van der Waals surface area contributed by atoms with Crippen LogP contribution in [0.4, 0.5) is 0 Å². The van der Waals surface area contributed by atoms with Crippen LogP contribution in [-0.4, -0.2) is 58.8 Å². The molecule has 2 aliphatic carbocycles. The zero-order valence-corrected chi connectivity index (χ0v) is 28.7. The van der Waals surface area contributed by atoms with Crippen LogP contribution in [-0.2, 0) is 38.5 Å². The van der Waals surface area contributed by atoms with E-state index >= 15 is 0 Å². The molecule has 2 saturated carbocycles. The lowest BCUT2D eigenvalue weighted by atomic mass is 9.57. The van der Waals surface area contributed by atoms with Crippen molar-refractivity contribution in [2.24, 2.45) is 47.3 Å². The van der Waals surface area contributed by atoms with Gasteiger partial charge in [0.25, 0.3) is 0 Å². The number of hydrogen-bond acceptors (Lipinski definition) is 9. The molecule has 258 valence electrons. The second-order valence-electron chi connectivity index (χ2n) is 17.0. The van der Waals surface area contributed by atoms with Crippen LogP contribution in [0.3, 0.4) is 0 Å². The Hall–Kier alpha value is -0.880. The molecular formula is C37H56O9. The third kappa shape index (κ3) is 4.59. The van der Waals surface area contributed by atoms with Crippen LogP contribution in [0.15, 0.2) is 24.3 Å². The lowest BCUT2D eigenvalue weighted by Gasteiger charge is -2.60. The molecule has 2 spiro atoms. The highest BCUT2D eigenvalue weighted by Gasteiger charge is 2.70. The maximum atomic E-state index is 11.6. The van der Waals surface area contributed by atoms with Crippen molar-refractivity contribution in [1.29, 1.82) is 0 Å². The number of aliphatic hydroxyl groups is 1. The minimum absolute atomic E-state index is 0.158. The average molecular weight is 645 g/mol. The molecule has 10 aliphatic rings. The highest BCUT2D eigenvalue weighted by Crippen LogP contribution is 2.62. The number of hydrogen-bond donors (Lipinski definition) is 1. The van der Waals surface area contributed by atoms with Crippen molar-refractivity contribution in [3.05, 3.63) is 24.3 Å². The summed E-state index contributed by atoms with van der Waals surface area (Å²) in [4.78, 5) is 24.6. The highest BCUT2D eigenvalue weighted by atomic mass is 17.3. The van der Waals surface area contributed by atoms with Crippen LogP contribution in [0.25, 0.3) is 0 Å². The third-order valence-electron chi connectivity index (χ3n) is 14.3. The lowest BCUT2D eigenvalue weighted by Crippen LogP contribution is -2.70. The minimum Gasteiger partial charge on any atom is -0.384 e. The number of ether oxygens (including phenoxy) is 4. The first-order chi connectivity index (χ1) is 21.8. The van der Waals surface area contributed by atoms with E-state index in [1.54, 1.807) is 0 Å². The first kappa shape index (κ1) is 32.3. The molecule has 8 heterocycles. The summed E-state index contributed by atoms with van der Waals surface area (Å²) in [5, 5.41) is 11.6. The van der Waals surface area contributed by atoms with Crippen molar-refractivity contribution in [2.75, 3.05) is 0 Å². The van der Waals surface area contributed by atoms with Crippen molar-refractivity contribution in [3.63, 3.8) is 0 Å². The fourth-order valence-corrected chi connectivity index (χ4v) is 11.5. The van der Waals surface area contributed by atoms with Crippen LogP contribution in [0.5, 0.6) is 0 Å². The van der Waals surface area contributed by atoms with E-state index in [1.807, 2.05) is 13.8 Å². The summed E-state index contributed by atoms with van der Waals surface area (Å²) in [6.07, 6.45) is 6.82. The maximum Gasteiger partial charge on any atom is 0.201 e. The number of rotatable bonds is 6. The van der Waals surface area contributed by atoms with E-state index in [2.05, 4.69) is 40.9 Å². The summed E-state index contributed by atoms with van der Waals surface area (Å²) in [7, 11) is 0. The average Bonchev–Trinajstić information content (AvgIpc) is 3.39. The SMILES string of the molecule is C=C(C[C@H]1O[C@@H]2OC3(C)CC[C@H]4[C@H](C)CC[C@@H]([C@H]1C)[C@@]24OO3)C(O)C(=C)C[C@H]1O[C@@H]2OC3(C)CC[C@H]4[C@H](C)CC[C@@H]([C@H]1C)[C@@]24OO3. The molecule has 9 heteroatoms. The van der Waals surface area contributed by atoms with Crippen molar-refractivity contribution < 1.29 is 43.6 Å². The summed E-state index contributed by atoms with van der Waals surface area (Å²) >= 11 is 0. The first-order valence-electron chi connectivity index (χ1n) is 18.2. The highest BCUT2D eigenvalue weighted by molar-refractivity contribution is 5.22. The van der Waals surface area contributed by atoms with Gasteiger partial charge in [-0.25, -0.2) is 19.6 Å². The van der Waals surface area contributed by atoms with Crippen molar-refractivity contribution in [2.45, 2.75) is 159 Å². The molecule has 10 fully saturated rings. The predicted octanol–water partition coefficient (Wildman–Crippen LogP) is 6.74. The van der Waals surface area contributed by atoms with E-state index in [1.165, 1.54) is 0 Å². The van der Waals surface area contributed by atoms with Gasteiger partial charge in [0.05, 0.1) is 18.3 Å². The Morgan fingerprint density at radius 1 is 0.630 bits per heavy atom. The van der Waals surface area contributed by atoms with E-state index < -0.39 is 41.5 Å². The molecule has 2 unspecified atom stereocenters. The maximum absolute atomic E-state index is 11.6. The molecule has 1 N–H and O–H groups in total. The number of fused-ring (bicyclic) bond motifs is 4. The van der Waals surface area contributed by atoms with Gasteiger partial charge in [-0.1, -0.05) is 40.9 Å². The molecular weight excluding hydrogens is 588 g/mol. The molecule has 16 atom stereocenters. The second-order valence-corrected chi connectivity index (χ2v) is 17.0. The Morgan fingerprint density at radius 2 is 1.04 bits per heavy atom. The Morgan fingerprint density at radius 3 is 1.46 bits per heavy atom. The summed E-state index contributed by atoms with van der Waals surface area (Å²) < 4.78 is 26.7. The smallest absolute Gasteiger partial charge is 0.201 e. The molecule has 46 heavy (non-hydrogen) atoms. The molecule has 8 aliphatic heterocycles. The van der Waals surface area contributed by atoms with E-state index in [4.69, 9.17) is 38.5 Å². The molecule has 0 amide bonds. The van der Waals surface area contributed by atoms with Gasteiger partial charge in [0.15, 0.2) is 23.8 Å². The molecule has 0 radical (unpaired) electrons. The van der Waals surface area contributed by atoms with Crippen LogP contribution in [0.2, 0.25) is 0 Å². The van der Waals surface area contributed by atoms with Crippen molar-refractivity contribution in [1.82, 2.24) is 0 Å². The van der Waals surface area contributed by atoms with Gasteiger partial charge in [-0.15, -0.1) is 0 Å². The van der Waals surface area contributed by atoms with Crippen molar-refractivity contribution in [3.8, 4) is 0 Å². The molecule has 9 nitrogen and oxygen atoms in total. The fraction of sp³-hybridized carbons (Fsp3) is 0.892. The van der Waals surface area contributed by atoms with Crippen LogP contribution in [0.1, 0.15) is 106 Å². The van der Waals surface area contributed by atoms with Gasteiger partial charge in [-0.2, -0.15) is 0 Å². The third-order valence-corrected chi connectivity index (χ3v) is 14.3. The zero-order chi connectivity index (χ0) is 32.4. The minimum atomic E-state index is -0.871. The van der Waals surface area contributed by atoms with Gasteiger partial charge in [0, 0.05) is 24.7 Å². The molecule has 0 aromatic rings. The monoisotopic (exact) mass is 644 g/mol. The first-order valence-corrected chi connectivity index (χ1v) is 18.2. The van der Waals surface area contributed by atoms with Gasteiger partial charge in [-0.05, 0) is 112 Å². The molecule has 8 saturated heterocycles. The largest absolute Gasteiger partial charge is 0.384 e. The van der Waals surface area contributed by atoms with E-state index in [0.29, 0.717) is 47.7 Å². The molecule has 0 aromatic heterocycles. The Kier molecular flexibility index (Phi) is 7.77. The fourth-order valence-electron chi connectivity index (χ4n) is 11.5. The normalized spacial score (nSPS) is 56.2. The Bertz CT molecular complexity index is 1150. The Balaban J connectivity index is 0.962. The predicted molar refractivity (Wildman–Crippen MR) is 167 cm³/mol. The number of aliphatic hydroxyl groups excluding tert-OH is 1. The summed E-state index contributed by atoms with van der Waals surface area (Å²) in [6.45, 7) is 21.8. The Labute approximate surface area is 274 Å². The van der Waals surface area contributed by atoms with E-state index in [0.717, 1.165) is 51.4 Å². The van der Waals surface area contributed by atoms with Crippen molar-refractivity contribution >= 4 is 0 Å². The standard InChI is InChI=1S/C37H56O9/c1-19-9-11-27-23(5)29(39-32-36(27)25(19)13-15-34(7,41-32)43-45-36)17-21(3)31(38)22(4)18-30-24(6)28-12-10-20(2)26-14-16-35(8)42-33(40-30)37(26,28)46-44-35/h19-20,23-33,38H,3-4,9-18H2,1-2,5-8H3/t19-,20-,23-,24-,25+,26+,27+,28+,29-,30-,31?,32-,33-,34?,35?,36-,37-/m1/s1. The lowest BCUT2D eigenvalue weighted by molar-refractivity contribution is -0.571. The van der Waals surface area contributed by atoms with Gasteiger partial charge in [0.1, 0.15) is 0 Å². The molecule has 0 aromatic carbocycles. The molecule has 4 bridgehead atoms.